The summed E-state index contributed by atoms with van der Waals surface area (Å²) in [5, 5.41) is 15.3. The van der Waals surface area contributed by atoms with Crippen molar-refractivity contribution in [3.63, 3.8) is 0 Å². The molecular weight excluding hydrogens is 679 g/mol. The number of amides is 3. The van der Waals surface area contributed by atoms with Gasteiger partial charge in [-0.2, -0.15) is 0 Å². The number of benzene rings is 3. The topological polar surface area (TPSA) is 127 Å². The van der Waals surface area contributed by atoms with Gasteiger partial charge < -0.3 is 36.2 Å². The number of hydrogen-bond acceptors (Lipinski definition) is 6. The minimum absolute atomic E-state index is 0.0348. The molecule has 0 aliphatic heterocycles. The predicted octanol–water partition coefficient (Wildman–Crippen LogP) is 6.51. The third-order valence-corrected chi connectivity index (χ3v) is 14.2. The van der Waals surface area contributed by atoms with Crippen LogP contribution in [0.25, 0.3) is 0 Å². The van der Waals surface area contributed by atoms with Crippen LogP contribution in [-0.4, -0.2) is 57.8 Å². The number of nitrogens with one attached hydrogen (secondary N) is 4. The largest absolute Gasteiger partial charge is 0.444 e. The van der Waals surface area contributed by atoms with Gasteiger partial charge in [-0.3, -0.25) is 0 Å². The van der Waals surface area contributed by atoms with Gasteiger partial charge in [-0.25, -0.2) is 9.59 Å². The first-order valence-electron chi connectivity index (χ1n) is 18.7. The molecule has 3 aromatic rings. The van der Waals surface area contributed by atoms with Crippen LogP contribution in [0.15, 0.2) is 78.9 Å². The quantitative estimate of drug-likeness (QED) is 0.0576. The minimum Gasteiger partial charge on any atom is -0.444 e. The van der Waals surface area contributed by atoms with Gasteiger partial charge in [0, 0.05) is 50.7 Å². The van der Waals surface area contributed by atoms with Crippen LogP contribution in [0.5, 0.6) is 0 Å². The molecule has 10 heteroatoms. The summed E-state index contributed by atoms with van der Waals surface area (Å²) >= 11 is 0. The zero-order valence-electron chi connectivity index (χ0n) is 33.1. The van der Waals surface area contributed by atoms with E-state index in [1.165, 1.54) is 10.4 Å². The summed E-state index contributed by atoms with van der Waals surface area (Å²) in [5.74, 6) is 6.17. The molecule has 6 N–H and O–H groups in total. The third kappa shape index (κ3) is 13.6. The second-order valence-electron chi connectivity index (χ2n) is 15.9. The number of hydrogen-bond donors (Lipinski definition) is 5. The van der Waals surface area contributed by atoms with E-state index in [0.29, 0.717) is 32.7 Å². The molecule has 53 heavy (non-hydrogen) atoms. The molecule has 0 saturated carbocycles. The molecule has 0 unspecified atom stereocenters. The first kappa shape index (κ1) is 43.1. The first-order chi connectivity index (χ1) is 25.1. The Kier molecular flexibility index (Phi) is 16.5. The molecule has 3 amide bonds. The van der Waals surface area contributed by atoms with Gasteiger partial charge in [0.05, 0.1) is 6.61 Å². The molecule has 0 aliphatic carbocycles. The van der Waals surface area contributed by atoms with Crippen molar-refractivity contribution >= 4 is 36.5 Å². The molecule has 0 spiro atoms. The van der Waals surface area contributed by atoms with Gasteiger partial charge in [-0.15, -0.1) is 5.92 Å². The van der Waals surface area contributed by atoms with Crippen LogP contribution in [0.2, 0.25) is 5.04 Å². The van der Waals surface area contributed by atoms with E-state index in [-0.39, 0.29) is 23.0 Å². The second kappa shape index (κ2) is 20.2. The summed E-state index contributed by atoms with van der Waals surface area (Å²) in [6, 6.07) is 27.1. The zero-order chi connectivity index (χ0) is 39.1. The van der Waals surface area contributed by atoms with Gasteiger partial charge in [-0.05, 0) is 78.2 Å². The predicted molar refractivity (Wildman–Crippen MR) is 221 cm³/mol. The maximum Gasteiger partial charge on any atom is 0.407 e. The van der Waals surface area contributed by atoms with Gasteiger partial charge in [-0.1, -0.05) is 107 Å². The number of carbonyl (C=O) groups excluding carboxylic acids is 2. The molecule has 0 heterocycles. The Morgan fingerprint density at radius 2 is 1.51 bits per heavy atom. The molecule has 0 aliphatic rings. The van der Waals surface area contributed by atoms with Crippen LogP contribution in [0, 0.1) is 24.7 Å². The van der Waals surface area contributed by atoms with Crippen molar-refractivity contribution in [2.45, 2.75) is 104 Å². The number of urea groups is 1. The van der Waals surface area contributed by atoms with E-state index in [2.05, 4.69) is 154 Å². The molecule has 9 nitrogen and oxygen atoms in total. The van der Waals surface area contributed by atoms with Crippen molar-refractivity contribution in [3.8, 4) is 11.8 Å². The van der Waals surface area contributed by atoms with Gasteiger partial charge >= 0.3 is 12.1 Å². The standard InChI is InChI=1S/C43H62N5O4Si/c1-10-11-19-33-28-35(46-29-36(20-18-27-45-40(44)49)47-30-39(32(2)3)48-41(50)52-42(4,5)6)26-25-34(33)31-51-53(43(7,8)9,37-21-14-12-15-22-37)38-23-16-13-17-24-38/h12-17,21-26,28,32,36,39,46-47H,1,18-20,27,29-31H2,2-9H3,(H,48,50)(H3,44,45,49)/t36-,39+/m0/s1. The fraction of sp³-hybridized carbons (Fsp3) is 0.465. The van der Waals surface area contributed by atoms with Crippen LogP contribution in [-0.2, 0) is 22.2 Å². The van der Waals surface area contributed by atoms with Crippen molar-refractivity contribution in [2.24, 2.45) is 11.7 Å². The number of anilines is 1. The lowest BCUT2D eigenvalue weighted by Crippen LogP contribution is -2.66. The molecule has 1 radical (unpaired) electrons. The van der Waals surface area contributed by atoms with E-state index in [9.17, 15) is 9.59 Å². The Labute approximate surface area is 319 Å². The SMILES string of the molecule is [CH2]C#CCc1cc(NC[C@H](CCCNC(N)=O)NC[C@@H](NC(=O)OC(C)(C)C)C(C)C)ccc1CO[Si](c1ccccc1)(c1ccccc1)C(C)(C)C. The van der Waals surface area contributed by atoms with Gasteiger partial charge in [0.25, 0.3) is 8.32 Å². The van der Waals surface area contributed by atoms with Gasteiger partial charge in [0.1, 0.15) is 5.60 Å². The van der Waals surface area contributed by atoms with Gasteiger partial charge in [0.15, 0.2) is 0 Å². The molecule has 0 fully saturated rings. The lowest BCUT2D eigenvalue weighted by molar-refractivity contribution is 0.0489. The third-order valence-electron chi connectivity index (χ3n) is 9.19. The minimum atomic E-state index is -2.74. The van der Waals surface area contributed by atoms with Crippen molar-refractivity contribution in [1.29, 1.82) is 0 Å². The fourth-order valence-corrected chi connectivity index (χ4v) is 11.0. The molecular formula is C43H62N5O4Si. The highest BCUT2D eigenvalue weighted by molar-refractivity contribution is 6.99. The van der Waals surface area contributed by atoms with Crippen LogP contribution >= 0.6 is 0 Å². The average molecular weight is 741 g/mol. The van der Waals surface area contributed by atoms with Crippen molar-refractivity contribution in [1.82, 2.24) is 16.0 Å². The monoisotopic (exact) mass is 740 g/mol. The maximum absolute atomic E-state index is 12.6. The highest BCUT2D eigenvalue weighted by atomic mass is 28.4. The van der Waals surface area contributed by atoms with Crippen molar-refractivity contribution in [3.05, 3.63) is 96.9 Å². The van der Waals surface area contributed by atoms with E-state index in [4.69, 9.17) is 14.9 Å². The number of alkyl carbamates (subject to hydrolysis) is 1. The summed E-state index contributed by atoms with van der Waals surface area (Å²) in [6.07, 6.45) is 1.62. The molecule has 0 aromatic heterocycles. The highest BCUT2D eigenvalue weighted by Gasteiger charge is 2.50. The van der Waals surface area contributed by atoms with Crippen LogP contribution in [0.1, 0.15) is 79.4 Å². The zero-order valence-corrected chi connectivity index (χ0v) is 34.1. The number of ether oxygens (including phenoxy) is 1. The van der Waals surface area contributed by atoms with Crippen LogP contribution < -0.4 is 37.4 Å². The Morgan fingerprint density at radius 1 is 0.887 bits per heavy atom. The molecule has 0 bridgehead atoms. The van der Waals surface area contributed by atoms with Crippen molar-refractivity contribution in [2.75, 3.05) is 25.0 Å². The molecule has 2 atom stereocenters. The average Bonchev–Trinajstić information content (AvgIpc) is 3.09. The highest BCUT2D eigenvalue weighted by Crippen LogP contribution is 2.37. The Balaban J connectivity index is 1.84. The second-order valence-corrected chi connectivity index (χ2v) is 20.2. The summed E-state index contributed by atoms with van der Waals surface area (Å²) in [5.41, 5.74) is 7.86. The molecule has 0 saturated heterocycles. The number of rotatable bonds is 18. The summed E-state index contributed by atoms with van der Waals surface area (Å²) in [4.78, 5) is 23.9. The van der Waals surface area contributed by atoms with Crippen LogP contribution in [0.3, 0.4) is 0 Å². The molecule has 3 aromatic carbocycles. The Hall–Kier alpha value is -4.30. The maximum atomic E-state index is 12.6. The van der Waals surface area contributed by atoms with E-state index < -0.39 is 26.0 Å². The normalized spacial score (nSPS) is 13.0. The number of primary amides is 1. The Bertz CT molecular complexity index is 1600. The molecule has 3 rings (SSSR count). The van der Waals surface area contributed by atoms with E-state index in [0.717, 1.165) is 29.7 Å². The van der Waals surface area contributed by atoms with E-state index in [1.807, 2.05) is 20.8 Å². The fourth-order valence-electron chi connectivity index (χ4n) is 6.43. The molecule has 287 valence electrons. The van der Waals surface area contributed by atoms with Gasteiger partial charge in [0.2, 0.25) is 0 Å². The lowest BCUT2D eigenvalue weighted by atomic mass is 10.0. The van der Waals surface area contributed by atoms with Crippen molar-refractivity contribution < 1.29 is 18.8 Å². The Morgan fingerprint density at radius 3 is 2.04 bits per heavy atom. The van der Waals surface area contributed by atoms with E-state index in [1.54, 1.807) is 0 Å². The summed E-state index contributed by atoms with van der Waals surface area (Å²) in [7, 11) is -2.74. The summed E-state index contributed by atoms with van der Waals surface area (Å²) < 4.78 is 12.8. The number of carbonyl (C=O) groups is 2. The summed E-state index contributed by atoms with van der Waals surface area (Å²) in [6.45, 7) is 22.4. The first-order valence-corrected chi connectivity index (χ1v) is 20.6. The lowest BCUT2D eigenvalue weighted by Gasteiger charge is -2.43. The number of nitrogens with two attached hydrogens (primary N) is 1. The van der Waals surface area contributed by atoms with E-state index >= 15 is 0 Å². The smallest absolute Gasteiger partial charge is 0.407 e. The van der Waals surface area contributed by atoms with Crippen LogP contribution in [0.4, 0.5) is 15.3 Å².